The predicted molar refractivity (Wildman–Crippen MR) is 120 cm³/mol. The summed E-state index contributed by atoms with van der Waals surface area (Å²) >= 11 is 0. The number of benzene rings is 2. The van der Waals surface area contributed by atoms with Gasteiger partial charge in [0.05, 0.1) is 5.69 Å². The maximum absolute atomic E-state index is 13.3. The van der Waals surface area contributed by atoms with Gasteiger partial charge in [-0.3, -0.25) is 9.59 Å². The van der Waals surface area contributed by atoms with Gasteiger partial charge in [0, 0.05) is 16.8 Å². The SMILES string of the molecule is CC[C@H](C(=O)Nc1cccc(C)c1)n1nc(-c2ccccc2)c2c(c1=O)CCCC2. The van der Waals surface area contributed by atoms with Crippen molar-refractivity contribution in [1.29, 1.82) is 0 Å². The summed E-state index contributed by atoms with van der Waals surface area (Å²) in [5, 5.41) is 7.71. The van der Waals surface area contributed by atoms with Crippen LogP contribution < -0.4 is 10.9 Å². The van der Waals surface area contributed by atoms with Gasteiger partial charge in [-0.05, 0) is 62.3 Å². The van der Waals surface area contributed by atoms with Crippen molar-refractivity contribution in [3.05, 3.63) is 81.6 Å². The molecule has 1 aliphatic rings. The zero-order valence-electron chi connectivity index (χ0n) is 17.5. The monoisotopic (exact) mass is 401 g/mol. The average molecular weight is 402 g/mol. The van der Waals surface area contributed by atoms with E-state index in [9.17, 15) is 9.59 Å². The largest absolute Gasteiger partial charge is 0.324 e. The van der Waals surface area contributed by atoms with Gasteiger partial charge in [-0.25, -0.2) is 4.68 Å². The highest BCUT2D eigenvalue weighted by atomic mass is 16.2. The summed E-state index contributed by atoms with van der Waals surface area (Å²) < 4.78 is 1.41. The van der Waals surface area contributed by atoms with Gasteiger partial charge in [-0.1, -0.05) is 49.4 Å². The molecule has 30 heavy (non-hydrogen) atoms. The molecule has 1 atom stereocenters. The lowest BCUT2D eigenvalue weighted by Crippen LogP contribution is -2.38. The number of aromatic nitrogens is 2. The summed E-state index contributed by atoms with van der Waals surface area (Å²) in [4.78, 5) is 26.4. The number of carbonyl (C=O) groups is 1. The van der Waals surface area contributed by atoms with E-state index in [1.54, 1.807) is 0 Å². The molecule has 1 amide bonds. The summed E-state index contributed by atoms with van der Waals surface area (Å²) in [6, 6.07) is 17.0. The molecule has 0 saturated heterocycles. The number of carbonyl (C=O) groups excluding carboxylic acids is 1. The van der Waals surface area contributed by atoms with E-state index in [1.165, 1.54) is 4.68 Å². The molecule has 4 rings (SSSR count). The second-order valence-corrected chi connectivity index (χ2v) is 7.91. The van der Waals surface area contributed by atoms with Crippen LogP contribution in [0.2, 0.25) is 0 Å². The Morgan fingerprint density at radius 3 is 2.50 bits per heavy atom. The van der Waals surface area contributed by atoms with Crippen molar-refractivity contribution in [3.8, 4) is 11.3 Å². The van der Waals surface area contributed by atoms with Gasteiger partial charge < -0.3 is 5.32 Å². The summed E-state index contributed by atoms with van der Waals surface area (Å²) in [6.45, 7) is 3.89. The van der Waals surface area contributed by atoms with Crippen molar-refractivity contribution in [2.45, 2.75) is 52.0 Å². The number of aryl methyl sites for hydroxylation is 1. The van der Waals surface area contributed by atoms with Crippen molar-refractivity contribution >= 4 is 11.6 Å². The molecule has 1 aliphatic carbocycles. The summed E-state index contributed by atoms with van der Waals surface area (Å²) in [5.74, 6) is -0.215. The lowest BCUT2D eigenvalue weighted by Gasteiger charge is -2.23. The lowest BCUT2D eigenvalue weighted by molar-refractivity contribution is -0.119. The third-order valence-corrected chi connectivity index (χ3v) is 5.75. The first kappa shape index (κ1) is 20.1. The van der Waals surface area contributed by atoms with Crippen LogP contribution in [0.5, 0.6) is 0 Å². The molecule has 0 aliphatic heterocycles. The van der Waals surface area contributed by atoms with Crippen LogP contribution in [0.4, 0.5) is 5.69 Å². The second kappa shape index (κ2) is 8.66. The number of nitrogens with one attached hydrogen (secondary N) is 1. The minimum absolute atomic E-state index is 0.129. The zero-order chi connectivity index (χ0) is 21.1. The summed E-state index contributed by atoms with van der Waals surface area (Å²) in [7, 11) is 0. The second-order valence-electron chi connectivity index (χ2n) is 7.91. The molecule has 0 bridgehead atoms. The molecule has 154 valence electrons. The molecule has 1 N–H and O–H groups in total. The van der Waals surface area contributed by atoms with Crippen LogP contribution in [-0.4, -0.2) is 15.7 Å². The average Bonchev–Trinajstić information content (AvgIpc) is 2.76. The summed E-state index contributed by atoms with van der Waals surface area (Å²) in [6.07, 6.45) is 4.13. The zero-order valence-corrected chi connectivity index (χ0v) is 17.5. The Labute approximate surface area is 176 Å². The topological polar surface area (TPSA) is 64.0 Å². The highest BCUT2D eigenvalue weighted by molar-refractivity contribution is 5.93. The minimum atomic E-state index is -0.660. The minimum Gasteiger partial charge on any atom is -0.324 e. The van der Waals surface area contributed by atoms with Gasteiger partial charge in [0.15, 0.2) is 0 Å². The number of hydrogen-bond donors (Lipinski definition) is 1. The van der Waals surface area contributed by atoms with Crippen LogP contribution in [0, 0.1) is 6.92 Å². The van der Waals surface area contributed by atoms with Gasteiger partial charge >= 0.3 is 0 Å². The number of anilines is 1. The molecule has 5 nitrogen and oxygen atoms in total. The van der Waals surface area contributed by atoms with Crippen LogP contribution in [0.15, 0.2) is 59.4 Å². The number of amides is 1. The Bertz CT molecular complexity index is 1120. The molecule has 0 spiro atoms. The van der Waals surface area contributed by atoms with Crippen LogP contribution in [0.1, 0.15) is 48.9 Å². The fourth-order valence-electron chi connectivity index (χ4n) is 4.21. The Hall–Kier alpha value is -3.21. The maximum Gasteiger partial charge on any atom is 0.271 e. The van der Waals surface area contributed by atoms with Crippen LogP contribution in [0.25, 0.3) is 11.3 Å². The normalized spacial score (nSPS) is 14.1. The van der Waals surface area contributed by atoms with Crippen molar-refractivity contribution in [1.82, 2.24) is 9.78 Å². The molecular formula is C25H27N3O2. The first-order chi connectivity index (χ1) is 14.6. The molecule has 0 saturated carbocycles. The van der Waals surface area contributed by atoms with Gasteiger partial charge in [0.25, 0.3) is 5.56 Å². The van der Waals surface area contributed by atoms with E-state index in [0.29, 0.717) is 6.42 Å². The van der Waals surface area contributed by atoms with Crippen molar-refractivity contribution in [3.63, 3.8) is 0 Å². The first-order valence-electron chi connectivity index (χ1n) is 10.7. The van der Waals surface area contributed by atoms with Gasteiger partial charge in [0.1, 0.15) is 6.04 Å². The third-order valence-electron chi connectivity index (χ3n) is 5.75. The molecule has 5 heteroatoms. The standard InChI is InChI=1S/C25H27N3O2/c1-3-22(24(29)26-19-13-9-10-17(2)16-19)28-25(30)21-15-8-7-14-20(21)23(27-28)18-11-5-4-6-12-18/h4-6,9-13,16,22H,3,7-8,14-15H2,1-2H3,(H,26,29)/t22-/m1/s1. The Morgan fingerprint density at radius 1 is 1.07 bits per heavy atom. The molecule has 0 fully saturated rings. The molecule has 2 aromatic carbocycles. The van der Waals surface area contributed by atoms with Crippen molar-refractivity contribution in [2.75, 3.05) is 5.32 Å². The van der Waals surface area contributed by atoms with E-state index in [2.05, 4.69) is 5.32 Å². The number of hydrogen-bond acceptors (Lipinski definition) is 3. The molecular weight excluding hydrogens is 374 g/mol. The van der Waals surface area contributed by atoms with E-state index >= 15 is 0 Å². The third kappa shape index (κ3) is 3.92. The highest BCUT2D eigenvalue weighted by Gasteiger charge is 2.27. The lowest BCUT2D eigenvalue weighted by atomic mass is 9.89. The van der Waals surface area contributed by atoms with Gasteiger partial charge in [0.2, 0.25) is 5.91 Å². The molecule has 0 radical (unpaired) electrons. The number of nitrogens with zero attached hydrogens (tertiary/aromatic N) is 2. The molecule has 1 aromatic heterocycles. The fraction of sp³-hybridized carbons (Fsp3) is 0.320. The Morgan fingerprint density at radius 2 is 1.80 bits per heavy atom. The number of rotatable bonds is 5. The Kier molecular flexibility index (Phi) is 5.79. The van der Waals surface area contributed by atoms with Crippen LogP contribution >= 0.6 is 0 Å². The van der Waals surface area contributed by atoms with E-state index in [1.807, 2.05) is 68.4 Å². The van der Waals surface area contributed by atoms with Crippen LogP contribution in [-0.2, 0) is 17.6 Å². The Balaban J connectivity index is 1.78. The summed E-state index contributed by atoms with van der Waals surface area (Å²) in [5.41, 5.74) is 5.34. The van der Waals surface area contributed by atoms with Gasteiger partial charge in [-0.15, -0.1) is 0 Å². The van der Waals surface area contributed by atoms with Crippen LogP contribution in [0.3, 0.4) is 0 Å². The maximum atomic E-state index is 13.3. The molecule has 3 aromatic rings. The highest BCUT2D eigenvalue weighted by Crippen LogP contribution is 2.29. The van der Waals surface area contributed by atoms with Gasteiger partial charge in [-0.2, -0.15) is 5.10 Å². The predicted octanol–water partition coefficient (Wildman–Crippen LogP) is 4.69. The van der Waals surface area contributed by atoms with E-state index in [4.69, 9.17) is 5.10 Å². The van der Waals surface area contributed by atoms with Crippen molar-refractivity contribution in [2.24, 2.45) is 0 Å². The van der Waals surface area contributed by atoms with E-state index < -0.39 is 6.04 Å². The van der Waals surface area contributed by atoms with E-state index in [-0.39, 0.29) is 11.5 Å². The molecule has 1 heterocycles. The smallest absolute Gasteiger partial charge is 0.271 e. The first-order valence-corrected chi connectivity index (χ1v) is 10.7. The van der Waals surface area contributed by atoms with Crippen molar-refractivity contribution < 1.29 is 4.79 Å². The fourth-order valence-corrected chi connectivity index (χ4v) is 4.21. The van der Waals surface area contributed by atoms with E-state index in [0.717, 1.165) is 59.3 Å². The molecule has 0 unspecified atom stereocenters. The quantitative estimate of drug-likeness (QED) is 0.675. The number of fused-ring (bicyclic) bond motifs is 1.